The largest absolute Gasteiger partial charge is 0.361 e. The standard InChI is InChI=1S/C22H27N4O2P/c1-13(2)26(25-12-29-11-16(25)10-28-29)22(27)15-6-18-17-4-3-5-19-21(17)14(8-23-19)7-20(18)24-9-15/h3-6,8,13,15-16,20,23-24H,7,9-12H2,1-2H3/p+2/t15-,16?,20-,29?/m1/s1. The number of benzene rings is 1. The highest BCUT2D eigenvalue weighted by molar-refractivity contribution is 7.53. The summed E-state index contributed by atoms with van der Waals surface area (Å²) >= 11 is 0. The van der Waals surface area contributed by atoms with E-state index in [-0.39, 0.29) is 17.9 Å². The first-order chi connectivity index (χ1) is 14.1. The van der Waals surface area contributed by atoms with Crippen molar-refractivity contribution < 1.29 is 14.6 Å². The molecule has 1 aromatic heterocycles. The van der Waals surface area contributed by atoms with E-state index in [1.807, 2.05) is 0 Å². The Bertz CT molecular complexity index is 1020. The van der Waals surface area contributed by atoms with Crippen LogP contribution in [0.3, 0.4) is 0 Å². The number of carbonyl (C=O) groups excluding carboxylic acids is 1. The molecule has 4 atom stereocenters. The number of nitrogens with one attached hydrogen (secondary N) is 1. The second-order valence-electron chi connectivity index (χ2n) is 9.13. The van der Waals surface area contributed by atoms with Gasteiger partial charge < -0.3 is 10.3 Å². The van der Waals surface area contributed by atoms with E-state index in [1.165, 1.54) is 27.6 Å². The minimum atomic E-state index is -0.733. The fourth-order valence-corrected chi connectivity index (χ4v) is 8.09. The Kier molecular flexibility index (Phi) is 4.14. The van der Waals surface area contributed by atoms with Crippen LogP contribution in [-0.4, -0.2) is 64.6 Å². The van der Waals surface area contributed by atoms with Crippen molar-refractivity contribution in [3.63, 3.8) is 0 Å². The van der Waals surface area contributed by atoms with Crippen molar-refractivity contribution in [1.82, 2.24) is 15.0 Å². The first kappa shape index (κ1) is 18.1. The lowest BCUT2D eigenvalue weighted by Gasteiger charge is -2.40. The average Bonchev–Trinajstić information content (AvgIpc) is 3.45. The number of nitrogens with zero attached hydrogens (tertiary/aromatic N) is 2. The molecule has 1 aromatic carbocycles. The SMILES string of the molecule is CC(C)N(C(=O)[C@@H]1C=C2c3cccc4[nH]cc(c34)C[C@H]2[NH2+]C1)N1C[PH+]2CC1CO2. The van der Waals surface area contributed by atoms with Gasteiger partial charge >= 0.3 is 0 Å². The number of aromatic nitrogens is 1. The van der Waals surface area contributed by atoms with Gasteiger partial charge in [-0.3, -0.25) is 9.80 Å². The van der Waals surface area contributed by atoms with Crippen LogP contribution >= 0.6 is 8.15 Å². The van der Waals surface area contributed by atoms with Gasteiger partial charge in [0.25, 0.3) is 0 Å². The maximum Gasteiger partial charge on any atom is 0.249 e. The van der Waals surface area contributed by atoms with Crippen LogP contribution in [0, 0.1) is 5.92 Å². The molecule has 6 rings (SSSR count). The van der Waals surface area contributed by atoms with E-state index in [4.69, 9.17) is 4.52 Å². The molecule has 0 radical (unpaired) electrons. The van der Waals surface area contributed by atoms with Gasteiger partial charge in [-0.15, -0.1) is 0 Å². The summed E-state index contributed by atoms with van der Waals surface area (Å²) in [6.45, 7) is 5.90. The third-order valence-corrected chi connectivity index (χ3v) is 9.18. The molecule has 4 heterocycles. The van der Waals surface area contributed by atoms with Gasteiger partial charge in [0.1, 0.15) is 24.7 Å². The molecule has 3 N–H and O–H groups in total. The second-order valence-corrected chi connectivity index (χ2v) is 11.2. The molecule has 2 fully saturated rings. The summed E-state index contributed by atoms with van der Waals surface area (Å²) in [6.07, 6.45) is 7.57. The number of quaternary nitrogens is 1. The summed E-state index contributed by atoms with van der Waals surface area (Å²) in [5.41, 5.74) is 5.25. The third-order valence-electron chi connectivity index (χ3n) is 7.00. The summed E-state index contributed by atoms with van der Waals surface area (Å²) in [7, 11) is -0.733. The van der Waals surface area contributed by atoms with Crippen molar-refractivity contribution in [2.45, 2.75) is 38.4 Å². The van der Waals surface area contributed by atoms with Crippen molar-refractivity contribution in [2.75, 3.05) is 25.6 Å². The van der Waals surface area contributed by atoms with E-state index < -0.39 is 8.15 Å². The smallest absolute Gasteiger partial charge is 0.249 e. The maximum atomic E-state index is 13.7. The molecule has 3 aliphatic heterocycles. The number of hydrogen-bond acceptors (Lipinski definition) is 3. The number of fused-ring (bicyclic) bond motifs is 4. The Morgan fingerprint density at radius 2 is 2.31 bits per heavy atom. The molecule has 152 valence electrons. The van der Waals surface area contributed by atoms with Gasteiger partial charge in [-0.05, 0) is 31.0 Å². The van der Waals surface area contributed by atoms with Crippen LogP contribution in [0.25, 0.3) is 16.5 Å². The molecule has 1 aliphatic carbocycles. The van der Waals surface area contributed by atoms with Gasteiger partial charge in [-0.1, -0.05) is 18.2 Å². The van der Waals surface area contributed by atoms with Gasteiger partial charge in [0, 0.05) is 35.1 Å². The molecule has 7 heteroatoms. The normalized spacial score (nSPS) is 30.7. The van der Waals surface area contributed by atoms with Crippen LogP contribution in [0.5, 0.6) is 0 Å². The minimum absolute atomic E-state index is 0.0725. The summed E-state index contributed by atoms with van der Waals surface area (Å²) in [5.74, 6) is 0.182. The lowest BCUT2D eigenvalue weighted by molar-refractivity contribution is -0.681. The van der Waals surface area contributed by atoms with Crippen LogP contribution in [0.4, 0.5) is 0 Å². The highest BCUT2D eigenvalue weighted by Gasteiger charge is 2.51. The second kappa shape index (κ2) is 6.64. The number of amides is 1. The number of aromatic amines is 1. The van der Waals surface area contributed by atoms with E-state index in [1.54, 1.807) is 0 Å². The monoisotopic (exact) mass is 412 g/mol. The van der Waals surface area contributed by atoms with Crippen molar-refractivity contribution in [3.05, 3.63) is 41.6 Å². The predicted molar refractivity (Wildman–Crippen MR) is 116 cm³/mol. The van der Waals surface area contributed by atoms with Crippen molar-refractivity contribution >= 4 is 30.5 Å². The molecule has 4 aliphatic rings. The van der Waals surface area contributed by atoms with Crippen LogP contribution in [0.2, 0.25) is 0 Å². The number of nitrogens with two attached hydrogens (primary N) is 1. The fourth-order valence-electron chi connectivity index (χ4n) is 5.70. The van der Waals surface area contributed by atoms with Gasteiger partial charge in [0.15, 0.2) is 14.4 Å². The predicted octanol–water partition coefficient (Wildman–Crippen LogP) is 1.62. The molecular formula is C22H29N4O2P+2. The lowest BCUT2D eigenvalue weighted by atomic mass is 9.80. The van der Waals surface area contributed by atoms with E-state index in [9.17, 15) is 4.79 Å². The molecule has 29 heavy (non-hydrogen) atoms. The van der Waals surface area contributed by atoms with Crippen LogP contribution in [-0.2, 0) is 15.7 Å². The summed E-state index contributed by atoms with van der Waals surface area (Å²) in [6, 6.07) is 7.48. The Labute approximate surface area is 172 Å². The molecule has 2 aromatic rings. The highest BCUT2D eigenvalue weighted by atomic mass is 31.1. The Balaban J connectivity index is 1.35. The van der Waals surface area contributed by atoms with Crippen molar-refractivity contribution in [1.29, 1.82) is 0 Å². The quantitative estimate of drug-likeness (QED) is 0.753. The zero-order chi connectivity index (χ0) is 19.7. The van der Waals surface area contributed by atoms with E-state index in [2.05, 4.69) is 64.6 Å². The zero-order valence-corrected chi connectivity index (χ0v) is 18.0. The summed E-state index contributed by atoms with van der Waals surface area (Å²) < 4.78 is 5.87. The highest BCUT2D eigenvalue weighted by Crippen LogP contribution is 2.52. The Morgan fingerprint density at radius 1 is 1.41 bits per heavy atom. The molecule has 2 bridgehead atoms. The average molecular weight is 412 g/mol. The lowest BCUT2D eigenvalue weighted by Crippen LogP contribution is -2.93. The summed E-state index contributed by atoms with van der Waals surface area (Å²) in [4.78, 5) is 17.1. The van der Waals surface area contributed by atoms with Gasteiger partial charge in [-0.25, -0.2) is 4.52 Å². The van der Waals surface area contributed by atoms with Crippen molar-refractivity contribution in [3.8, 4) is 0 Å². The van der Waals surface area contributed by atoms with E-state index in [0.29, 0.717) is 12.1 Å². The number of rotatable bonds is 3. The molecular weight excluding hydrogens is 383 g/mol. The van der Waals surface area contributed by atoms with E-state index >= 15 is 0 Å². The van der Waals surface area contributed by atoms with Crippen molar-refractivity contribution in [2.24, 2.45) is 5.92 Å². The molecule has 0 saturated carbocycles. The third kappa shape index (κ3) is 2.73. The Morgan fingerprint density at radius 3 is 3.07 bits per heavy atom. The molecule has 2 unspecified atom stereocenters. The van der Waals surface area contributed by atoms with Gasteiger partial charge in [0.05, 0.1) is 12.6 Å². The molecule has 2 saturated heterocycles. The summed E-state index contributed by atoms with van der Waals surface area (Å²) in [5, 5.41) is 8.12. The minimum Gasteiger partial charge on any atom is -0.361 e. The van der Waals surface area contributed by atoms with E-state index in [0.717, 1.165) is 32.0 Å². The van der Waals surface area contributed by atoms with Crippen LogP contribution in [0.1, 0.15) is 25.0 Å². The van der Waals surface area contributed by atoms with Crippen LogP contribution in [0.15, 0.2) is 30.5 Å². The van der Waals surface area contributed by atoms with Gasteiger partial charge in [-0.2, -0.15) is 5.01 Å². The number of H-pyrrole nitrogens is 1. The van der Waals surface area contributed by atoms with Gasteiger partial charge in [0.2, 0.25) is 5.91 Å². The maximum absolute atomic E-state index is 13.7. The first-order valence-corrected chi connectivity index (χ1v) is 12.6. The van der Waals surface area contributed by atoms with Crippen LogP contribution < -0.4 is 5.32 Å². The molecule has 0 spiro atoms. The first-order valence-electron chi connectivity index (χ1n) is 10.8. The topological polar surface area (TPSA) is 65.2 Å². The molecule has 6 nitrogen and oxygen atoms in total. The number of carbonyl (C=O) groups is 1. The Hall–Kier alpha value is -1.72. The fraction of sp³-hybridized carbons (Fsp3) is 0.500. The number of hydrazine groups is 1. The molecule has 1 amide bonds. The zero-order valence-electron chi connectivity index (χ0n) is 17.0. The number of hydrogen-bond donors (Lipinski definition) is 2.